The standard InChI is InChI=1S/C16H28N2/c1-4-6-16(12-17)7-5-9-18-10-8-14(2)11-15(3)13-18/h4,6,12,14-15,17H,1,5,7-11,13H2,2-3H3/b16-6+,17-12?. The van der Waals surface area contributed by atoms with Gasteiger partial charge in [-0.15, -0.1) is 0 Å². The first kappa shape index (κ1) is 15.2. The number of hydrogen-bond donors (Lipinski definition) is 1. The maximum absolute atomic E-state index is 7.32. The molecule has 2 heteroatoms. The summed E-state index contributed by atoms with van der Waals surface area (Å²) in [5.41, 5.74) is 1.08. The van der Waals surface area contributed by atoms with Crippen molar-refractivity contribution in [1.29, 1.82) is 5.41 Å². The highest BCUT2D eigenvalue weighted by molar-refractivity contribution is 5.76. The predicted octanol–water partition coefficient (Wildman–Crippen LogP) is 3.90. The van der Waals surface area contributed by atoms with E-state index in [-0.39, 0.29) is 0 Å². The topological polar surface area (TPSA) is 27.1 Å². The number of hydrogen-bond acceptors (Lipinski definition) is 2. The molecule has 0 saturated carbocycles. The second-order valence-electron chi connectivity index (χ2n) is 5.76. The normalized spacial score (nSPS) is 26.7. The molecule has 0 amide bonds. The number of nitrogens with zero attached hydrogens (tertiary/aromatic N) is 1. The van der Waals surface area contributed by atoms with E-state index in [2.05, 4.69) is 25.3 Å². The first-order chi connectivity index (χ1) is 8.65. The largest absolute Gasteiger partial charge is 0.308 e. The van der Waals surface area contributed by atoms with Crippen LogP contribution in [0.1, 0.15) is 39.5 Å². The molecule has 102 valence electrons. The van der Waals surface area contributed by atoms with Crippen LogP contribution in [0.3, 0.4) is 0 Å². The van der Waals surface area contributed by atoms with Crippen molar-refractivity contribution < 1.29 is 0 Å². The molecule has 1 rings (SSSR count). The summed E-state index contributed by atoms with van der Waals surface area (Å²) in [4.78, 5) is 2.60. The minimum absolute atomic E-state index is 0.827. The zero-order chi connectivity index (χ0) is 13.4. The SMILES string of the molecule is C=C/C=C(/C=N)CCCN1CCC(C)CC(C)C1. The molecule has 1 aliphatic heterocycles. The average Bonchev–Trinajstić information content (AvgIpc) is 2.49. The molecule has 1 fully saturated rings. The van der Waals surface area contributed by atoms with E-state index in [0.29, 0.717) is 0 Å². The third-order valence-corrected chi connectivity index (χ3v) is 3.77. The third-order valence-electron chi connectivity index (χ3n) is 3.77. The molecule has 1 saturated heterocycles. The van der Waals surface area contributed by atoms with Gasteiger partial charge in [-0.25, -0.2) is 0 Å². The van der Waals surface area contributed by atoms with Crippen molar-refractivity contribution in [1.82, 2.24) is 4.90 Å². The second-order valence-corrected chi connectivity index (χ2v) is 5.76. The van der Waals surface area contributed by atoms with E-state index < -0.39 is 0 Å². The lowest BCUT2D eigenvalue weighted by Gasteiger charge is -2.22. The van der Waals surface area contributed by atoms with E-state index in [4.69, 9.17) is 5.41 Å². The van der Waals surface area contributed by atoms with Gasteiger partial charge in [0.05, 0.1) is 0 Å². The van der Waals surface area contributed by atoms with Gasteiger partial charge in [0.15, 0.2) is 0 Å². The summed E-state index contributed by atoms with van der Waals surface area (Å²) in [6.07, 6.45) is 10.0. The maximum atomic E-state index is 7.32. The van der Waals surface area contributed by atoms with E-state index in [1.54, 1.807) is 6.08 Å². The van der Waals surface area contributed by atoms with Crippen molar-refractivity contribution in [3.05, 3.63) is 24.3 Å². The zero-order valence-electron chi connectivity index (χ0n) is 12.0. The predicted molar refractivity (Wildman–Crippen MR) is 80.3 cm³/mol. The molecule has 2 nitrogen and oxygen atoms in total. The van der Waals surface area contributed by atoms with E-state index in [1.165, 1.54) is 38.7 Å². The fourth-order valence-corrected chi connectivity index (χ4v) is 2.88. The van der Waals surface area contributed by atoms with Gasteiger partial charge in [-0.05, 0) is 56.2 Å². The molecule has 0 aromatic heterocycles. The first-order valence-electron chi connectivity index (χ1n) is 7.20. The highest BCUT2D eigenvalue weighted by atomic mass is 15.1. The Balaban J connectivity index is 2.32. The molecule has 1 N–H and O–H groups in total. The van der Waals surface area contributed by atoms with Gasteiger partial charge in [0.1, 0.15) is 0 Å². The van der Waals surface area contributed by atoms with Crippen LogP contribution in [-0.4, -0.2) is 30.7 Å². The van der Waals surface area contributed by atoms with Crippen LogP contribution in [0.4, 0.5) is 0 Å². The lowest BCUT2D eigenvalue weighted by molar-refractivity contribution is 0.253. The van der Waals surface area contributed by atoms with Crippen molar-refractivity contribution in [2.75, 3.05) is 19.6 Å². The fourth-order valence-electron chi connectivity index (χ4n) is 2.88. The van der Waals surface area contributed by atoms with Crippen molar-refractivity contribution in [3.8, 4) is 0 Å². The molecule has 0 aromatic rings. The summed E-state index contributed by atoms with van der Waals surface area (Å²) < 4.78 is 0. The third kappa shape index (κ3) is 5.63. The number of likely N-dealkylation sites (tertiary alicyclic amines) is 1. The molecule has 0 bridgehead atoms. The molecule has 0 aromatic carbocycles. The first-order valence-corrected chi connectivity index (χ1v) is 7.20. The lowest BCUT2D eigenvalue weighted by atomic mass is 9.97. The van der Waals surface area contributed by atoms with Gasteiger partial charge < -0.3 is 10.3 Å². The van der Waals surface area contributed by atoms with Crippen LogP contribution in [-0.2, 0) is 0 Å². The molecular formula is C16H28N2. The van der Waals surface area contributed by atoms with Gasteiger partial charge in [0, 0.05) is 12.8 Å². The zero-order valence-corrected chi connectivity index (χ0v) is 12.0. The van der Waals surface area contributed by atoms with Crippen molar-refractivity contribution in [2.24, 2.45) is 11.8 Å². The van der Waals surface area contributed by atoms with Gasteiger partial charge >= 0.3 is 0 Å². The fraction of sp³-hybridized carbons (Fsp3) is 0.688. The molecule has 1 heterocycles. The van der Waals surface area contributed by atoms with Crippen LogP contribution >= 0.6 is 0 Å². The molecule has 0 aliphatic carbocycles. The minimum atomic E-state index is 0.827. The van der Waals surface area contributed by atoms with Crippen LogP contribution in [0.5, 0.6) is 0 Å². The van der Waals surface area contributed by atoms with Crippen LogP contribution in [0.2, 0.25) is 0 Å². The van der Waals surface area contributed by atoms with Crippen molar-refractivity contribution in [2.45, 2.75) is 39.5 Å². The Kier molecular flexibility index (Phi) is 6.96. The minimum Gasteiger partial charge on any atom is -0.308 e. The molecule has 2 unspecified atom stereocenters. The Bertz CT molecular complexity index is 293. The molecule has 18 heavy (non-hydrogen) atoms. The van der Waals surface area contributed by atoms with Gasteiger partial charge in [0.25, 0.3) is 0 Å². The molecule has 1 aliphatic rings. The Morgan fingerprint density at radius 2 is 2.17 bits per heavy atom. The highest BCUT2D eigenvalue weighted by Crippen LogP contribution is 2.21. The molecule has 0 radical (unpaired) electrons. The molecule has 0 spiro atoms. The van der Waals surface area contributed by atoms with Crippen LogP contribution < -0.4 is 0 Å². The average molecular weight is 248 g/mol. The van der Waals surface area contributed by atoms with Crippen molar-refractivity contribution in [3.63, 3.8) is 0 Å². The summed E-state index contributed by atoms with van der Waals surface area (Å²) in [5.74, 6) is 1.70. The number of nitrogens with one attached hydrogen (secondary N) is 1. The Morgan fingerprint density at radius 3 is 2.83 bits per heavy atom. The monoisotopic (exact) mass is 248 g/mol. The summed E-state index contributed by atoms with van der Waals surface area (Å²) >= 11 is 0. The van der Waals surface area contributed by atoms with E-state index >= 15 is 0 Å². The van der Waals surface area contributed by atoms with Gasteiger partial charge in [-0.3, -0.25) is 0 Å². The second kappa shape index (κ2) is 8.25. The van der Waals surface area contributed by atoms with E-state index in [9.17, 15) is 0 Å². The van der Waals surface area contributed by atoms with Gasteiger partial charge in [-0.1, -0.05) is 32.6 Å². The van der Waals surface area contributed by atoms with Gasteiger partial charge in [-0.2, -0.15) is 0 Å². The quantitative estimate of drug-likeness (QED) is 0.560. The summed E-state index contributed by atoms with van der Waals surface area (Å²) in [5, 5.41) is 7.32. The molecular weight excluding hydrogens is 220 g/mol. The van der Waals surface area contributed by atoms with E-state index in [0.717, 1.165) is 30.3 Å². The Hall–Kier alpha value is -0.890. The smallest absolute Gasteiger partial charge is 0.0209 e. The summed E-state index contributed by atoms with van der Waals surface area (Å²) in [7, 11) is 0. The highest BCUT2D eigenvalue weighted by Gasteiger charge is 2.18. The lowest BCUT2D eigenvalue weighted by Crippen LogP contribution is -2.28. The Labute approximate surface area is 112 Å². The van der Waals surface area contributed by atoms with Crippen molar-refractivity contribution >= 4 is 6.21 Å². The molecule has 2 atom stereocenters. The summed E-state index contributed by atoms with van der Waals surface area (Å²) in [6.45, 7) is 12.1. The number of allylic oxidation sites excluding steroid dienone is 3. The van der Waals surface area contributed by atoms with Gasteiger partial charge in [0.2, 0.25) is 0 Å². The summed E-state index contributed by atoms with van der Waals surface area (Å²) in [6, 6.07) is 0. The van der Waals surface area contributed by atoms with Crippen LogP contribution in [0.25, 0.3) is 0 Å². The maximum Gasteiger partial charge on any atom is 0.0209 e. The number of rotatable bonds is 6. The van der Waals surface area contributed by atoms with Crippen LogP contribution in [0, 0.1) is 17.2 Å². The van der Waals surface area contributed by atoms with Crippen LogP contribution in [0.15, 0.2) is 24.3 Å². The Morgan fingerprint density at radius 1 is 1.39 bits per heavy atom. The van der Waals surface area contributed by atoms with E-state index in [1.807, 2.05) is 6.08 Å².